The molecule has 2 unspecified atom stereocenters. The van der Waals surface area contributed by atoms with Gasteiger partial charge >= 0.3 is 0 Å². The summed E-state index contributed by atoms with van der Waals surface area (Å²) in [6, 6.07) is 10.2. The Morgan fingerprint density at radius 3 is 2.48 bits per heavy atom. The number of rotatable bonds is 6. The van der Waals surface area contributed by atoms with Crippen LogP contribution in [0.2, 0.25) is 0 Å². The highest BCUT2D eigenvalue weighted by Gasteiger charge is 2.36. The van der Waals surface area contributed by atoms with Gasteiger partial charge in [0.25, 0.3) is 0 Å². The van der Waals surface area contributed by atoms with Crippen LogP contribution in [0.3, 0.4) is 0 Å². The van der Waals surface area contributed by atoms with Crippen molar-refractivity contribution in [3.63, 3.8) is 0 Å². The maximum absolute atomic E-state index is 12.2. The van der Waals surface area contributed by atoms with Crippen LogP contribution < -0.4 is 11.1 Å². The van der Waals surface area contributed by atoms with Crippen LogP contribution in [0.15, 0.2) is 30.3 Å². The molecular weight excluding hydrogens is 260 g/mol. The molecule has 1 saturated carbocycles. The number of nitrogens with two attached hydrogens (primary N) is 1. The second kappa shape index (κ2) is 7.08. The summed E-state index contributed by atoms with van der Waals surface area (Å²) in [4.78, 5) is 12.2. The average molecular weight is 288 g/mol. The van der Waals surface area contributed by atoms with Gasteiger partial charge in [-0.1, -0.05) is 63.4 Å². The van der Waals surface area contributed by atoms with Crippen molar-refractivity contribution in [1.82, 2.24) is 5.32 Å². The minimum atomic E-state index is -0.399. The molecule has 0 aliphatic heterocycles. The van der Waals surface area contributed by atoms with Gasteiger partial charge in [0, 0.05) is 12.0 Å². The van der Waals surface area contributed by atoms with Crippen molar-refractivity contribution in [3.05, 3.63) is 35.9 Å². The predicted molar refractivity (Wildman–Crippen MR) is 87.0 cm³/mol. The molecule has 0 bridgehead atoms. The normalized spacial score (nSPS) is 20.0. The number of hydrogen-bond acceptors (Lipinski definition) is 2. The van der Waals surface area contributed by atoms with Crippen molar-refractivity contribution in [3.8, 4) is 0 Å². The lowest BCUT2D eigenvalue weighted by Gasteiger charge is -2.31. The van der Waals surface area contributed by atoms with Gasteiger partial charge in [-0.2, -0.15) is 0 Å². The third-order valence-corrected chi connectivity index (χ3v) is 5.11. The first kappa shape index (κ1) is 16.0. The van der Waals surface area contributed by atoms with E-state index in [2.05, 4.69) is 36.5 Å². The van der Waals surface area contributed by atoms with E-state index >= 15 is 0 Å². The molecule has 0 spiro atoms. The first-order valence-corrected chi connectivity index (χ1v) is 8.18. The van der Waals surface area contributed by atoms with Crippen molar-refractivity contribution in [2.75, 3.05) is 6.54 Å². The van der Waals surface area contributed by atoms with E-state index in [4.69, 9.17) is 5.73 Å². The summed E-state index contributed by atoms with van der Waals surface area (Å²) < 4.78 is 0. The molecule has 1 fully saturated rings. The molecule has 2 rings (SSSR count). The molecule has 1 aliphatic carbocycles. The molecule has 116 valence electrons. The average Bonchev–Trinajstić information content (AvgIpc) is 3.02. The van der Waals surface area contributed by atoms with Crippen LogP contribution in [0.4, 0.5) is 0 Å². The second-order valence-electron chi connectivity index (χ2n) is 6.48. The van der Waals surface area contributed by atoms with E-state index in [1.54, 1.807) is 0 Å². The first-order chi connectivity index (χ1) is 10.1. The van der Waals surface area contributed by atoms with Crippen LogP contribution in [-0.4, -0.2) is 18.5 Å². The van der Waals surface area contributed by atoms with Gasteiger partial charge in [0.15, 0.2) is 0 Å². The first-order valence-electron chi connectivity index (χ1n) is 8.18. The fourth-order valence-corrected chi connectivity index (χ4v) is 3.30. The maximum atomic E-state index is 12.2. The Morgan fingerprint density at radius 2 is 1.90 bits per heavy atom. The smallest absolute Gasteiger partial charge is 0.237 e. The van der Waals surface area contributed by atoms with Gasteiger partial charge < -0.3 is 11.1 Å². The lowest BCUT2D eigenvalue weighted by molar-refractivity contribution is -0.123. The Bertz CT molecular complexity index is 452. The Morgan fingerprint density at radius 1 is 1.29 bits per heavy atom. The molecule has 3 heteroatoms. The van der Waals surface area contributed by atoms with E-state index < -0.39 is 6.04 Å². The van der Waals surface area contributed by atoms with E-state index in [0.29, 0.717) is 6.54 Å². The highest BCUT2D eigenvalue weighted by Crippen LogP contribution is 2.40. The van der Waals surface area contributed by atoms with Crippen molar-refractivity contribution < 1.29 is 4.79 Å². The van der Waals surface area contributed by atoms with Crippen LogP contribution in [0.5, 0.6) is 0 Å². The summed E-state index contributed by atoms with van der Waals surface area (Å²) >= 11 is 0. The van der Waals surface area contributed by atoms with E-state index in [9.17, 15) is 4.79 Å². The molecule has 2 atom stereocenters. The summed E-state index contributed by atoms with van der Waals surface area (Å²) in [6.07, 6.45) is 5.70. The van der Waals surface area contributed by atoms with Gasteiger partial charge in [-0.05, 0) is 24.3 Å². The maximum Gasteiger partial charge on any atom is 0.237 e. The second-order valence-corrected chi connectivity index (χ2v) is 6.48. The Kier molecular flexibility index (Phi) is 5.40. The van der Waals surface area contributed by atoms with Crippen LogP contribution in [-0.2, 0) is 10.2 Å². The van der Waals surface area contributed by atoms with Gasteiger partial charge in [0.1, 0.15) is 0 Å². The molecule has 0 aromatic heterocycles. The molecule has 1 aliphatic rings. The summed E-state index contributed by atoms with van der Waals surface area (Å²) in [6.45, 7) is 4.81. The van der Waals surface area contributed by atoms with Gasteiger partial charge in [0.2, 0.25) is 5.91 Å². The molecule has 21 heavy (non-hydrogen) atoms. The third kappa shape index (κ3) is 3.65. The Hall–Kier alpha value is -1.35. The molecule has 0 heterocycles. The quantitative estimate of drug-likeness (QED) is 0.845. The number of hydrogen-bond donors (Lipinski definition) is 2. The van der Waals surface area contributed by atoms with E-state index in [1.807, 2.05) is 13.0 Å². The number of amides is 1. The summed E-state index contributed by atoms with van der Waals surface area (Å²) in [5.41, 5.74) is 7.48. The molecule has 3 N–H and O–H groups in total. The zero-order valence-electron chi connectivity index (χ0n) is 13.3. The standard InChI is InChI=1S/C18H28N2O/c1-3-14(2)16(19)17(21)20-13-18(11-7-8-12-18)15-9-5-4-6-10-15/h4-6,9-10,14,16H,3,7-8,11-13,19H2,1-2H3,(H,20,21). The summed E-state index contributed by atoms with van der Waals surface area (Å²) in [5.74, 6) is 0.216. The zero-order chi connectivity index (χ0) is 15.3. The van der Waals surface area contributed by atoms with Gasteiger partial charge in [-0.25, -0.2) is 0 Å². The highest BCUT2D eigenvalue weighted by atomic mass is 16.2. The lowest BCUT2D eigenvalue weighted by atomic mass is 9.78. The minimum Gasteiger partial charge on any atom is -0.354 e. The number of carbonyl (C=O) groups is 1. The number of carbonyl (C=O) groups excluding carboxylic acids is 1. The molecule has 1 aromatic carbocycles. The fourth-order valence-electron chi connectivity index (χ4n) is 3.30. The Balaban J connectivity index is 2.03. The van der Waals surface area contributed by atoms with Crippen molar-refractivity contribution >= 4 is 5.91 Å². The van der Waals surface area contributed by atoms with Crippen LogP contribution in [0, 0.1) is 5.92 Å². The predicted octanol–water partition coefficient (Wildman–Crippen LogP) is 2.99. The van der Waals surface area contributed by atoms with Gasteiger partial charge in [0.05, 0.1) is 6.04 Å². The summed E-state index contributed by atoms with van der Waals surface area (Å²) in [7, 11) is 0. The highest BCUT2D eigenvalue weighted by molar-refractivity contribution is 5.81. The zero-order valence-corrected chi connectivity index (χ0v) is 13.3. The van der Waals surface area contributed by atoms with Crippen LogP contribution >= 0.6 is 0 Å². The van der Waals surface area contributed by atoms with Crippen molar-refractivity contribution in [1.29, 1.82) is 0 Å². The molecule has 1 amide bonds. The van der Waals surface area contributed by atoms with Crippen LogP contribution in [0.1, 0.15) is 51.5 Å². The van der Waals surface area contributed by atoms with Gasteiger partial charge in [-0.15, -0.1) is 0 Å². The topological polar surface area (TPSA) is 55.1 Å². The molecule has 3 nitrogen and oxygen atoms in total. The van der Waals surface area contributed by atoms with E-state index in [-0.39, 0.29) is 17.2 Å². The molecule has 1 aromatic rings. The van der Waals surface area contributed by atoms with Crippen molar-refractivity contribution in [2.24, 2.45) is 11.7 Å². The Labute approximate surface area is 128 Å². The number of nitrogens with one attached hydrogen (secondary N) is 1. The molecular formula is C18H28N2O. The fraction of sp³-hybridized carbons (Fsp3) is 0.611. The van der Waals surface area contributed by atoms with E-state index in [1.165, 1.54) is 18.4 Å². The lowest BCUT2D eigenvalue weighted by Crippen LogP contribution is -2.48. The summed E-state index contributed by atoms with van der Waals surface area (Å²) in [5, 5.41) is 3.11. The van der Waals surface area contributed by atoms with Gasteiger partial charge in [-0.3, -0.25) is 4.79 Å². The number of benzene rings is 1. The molecule has 0 radical (unpaired) electrons. The third-order valence-electron chi connectivity index (χ3n) is 5.11. The SMILES string of the molecule is CCC(C)C(N)C(=O)NCC1(c2ccccc2)CCCC1. The monoisotopic (exact) mass is 288 g/mol. The largest absolute Gasteiger partial charge is 0.354 e. The minimum absolute atomic E-state index is 0.00782. The molecule has 0 saturated heterocycles. The van der Waals surface area contributed by atoms with Crippen LogP contribution in [0.25, 0.3) is 0 Å². The van der Waals surface area contributed by atoms with Crippen molar-refractivity contribution in [2.45, 2.75) is 57.4 Å². The van der Waals surface area contributed by atoms with E-state index in [0.717, 1.165) is 19.3 Å².